The third-order valence-electron chi connectivity index (χ3n) is 4.01. The first-order chi connectivity index (χ1) is 14.2. The van der Waals surface area contributed by atoms with Gasteiger partial charge in [0.15, 0.2) is 0 Å². The number of hydrazone groups is 1. The summed E-state index contributed by atoms with van der Waals surface area (Å²) in [6.07, 6.45) is 1.51. The molecule has 148 valence electrons. The van der Waals surface area contributed by atoms with E-state index in [-0.39, 0.29) is 5.91 Å². The summed E-state index contributed by atoms with van der Waals surface area (Å²) in [5.74, 6) is 1.02. The Balaban J connectivity index is 1.64. The van der Waals surface area contributed by atoms with Gasteiger partial charge < -0.3 is 9.47 Å². The van der Waals surface area contributed by atoms with E-state index in [1.165, 1.54) is 6.21 Å². The van der Waals surface area contributed by atoms with Crippen LogP contribution in [0.4, 0.5) is 0 Å². The lowest BCUT2D eigenvalue weighted by Crippen LogP contribution is -2.17. The van der Waals surface area contributed by atoms with Crippen LogP contribution in [0.2, 0.25) is 5.02 Å². The maximum Gasteiger partial charge on any atom is 0.271 e. The minimum absolute atomic E-state index is 0.321. The van der Waals surface area contributed by atoms with Crippen LogP contribution >= 0.6 is 11.6 Å². The monoisotopic (exact) mass is 408 g/mol. The molecule has 1 N–H and O–H groups in total. The molecule has 0 aliphatic carbocycles. The molecule has 0 bridgehead atoms. The Morgan fingerprint density at radius 1 is 1.03 bits per heavy atom. The predicted molar refractivity (Wildman–Crippen MR) is 115 cm³/mol. The number of amides is 1. The van der Waals surface area contributed by atoms with E-state index in [0.717, 1.165) is 5.56 Å². The molecule has 0 radical (unpaired) electrons. The number of carbonyl (C=O) groups excluding carboxylic acids is 1. The van der Waals surface area contributed by atoms with Crippen molar-refractivity contribution in [2.24, 2.45) is 5.10 Å². The van der Waals surface area contributed by atoms with Gasteiger partial charge in [0.05, 0.1) is 12.8 Å². The Bertz CT molecular complexity index is 973. The lowest BCUT2D eigenvalue weighted by molar-refractivity contribution is 0.0955. The van der Waals surface area contributed by atoms with E-state index >= 15 is 0 Å². The zero-order chi connectivity index (χ0) is 20.5. The number of carbonyl (C=O) groups is 1. The largest absolute Gasteiger partial charge is 0.494 e. The molecule has 3 rings (SSSR count). The summed E-state index contributed by atoms with van der Waals surface area (Å²) >= 11 is 6.10. The van der Waals surface area contributed by atoms with Crippen LogP contribution in [0, 0.1) is 0 Å². The van der Waals surface area contributed by atoms with E-state index in [4.69, 9.17) is 21.1 Å². The average molecular weight is 409 g/mol. The van der Waals surface area contributed by atoms with Gasteiger partial charge in [0, 0.05) is 16.1 Å². The van der Waals surface area contributed by atoms with E-state index in [9.17, 15) is 4.79 Å². The van der Waals surface area contributed by atoms with Crippen molar-refractivity contribution in [3.63, 3.8) is 0 Å². The highest BCUT2D eigenvalue weighted by atomic mass is 35.5. The first-order valence-corrected chi connectivity index (χ1v) is 9.56. The van der Waals surface area contributed by atoms with E-state index in [1.807, 2.05) is 37.3 Å². The lowest BCUT2D eigenvalue weighted by atomic mass is 10.2. The number of hydrogen-bond acceptors (Lipinski definition) is 4. The molecular weight excluding hydrogens is 388 g/mol. The Labute approximate surface area is 174 Å². The number of hydrogen-bond donors (Lipinski definition) is 1. The zero-order valence-electron chi connectivity index (χ0n) is 16.0. The molecule has 0 aliphatic heterocycles. The van der Waals surface area contributed by atoms with E-state index in [1.54, 1.807) is 42.5 Å². The summed E-state index contributed by atoms with van der Waals surface area (Å²) in [7, 11) is 0. The second-order valence-electron chi connectivity index (χ2n) is 6.11. The Kier molecular flexibility index (Phi) is 7.25. The van der Waals surface area contributed by atoms with Crippen LogP contribution in [0.3, 0.4) is 0 Å². The van der Waals surface area contributed by atoms with Gasteiger partial charge in [0.25, 0.3) is 5.91 Å². The van der Waals surface area contributed by atoms with Crippen LogP contribution in [0.15, 0.2) is 77.9 Å². The fraction of sp³-hybridized carbons (Fsp3) is 0.130. The van der Waals surface area contributed by atoms with Crippen molar-refractivity contribution in [2.75, 3.05) is 6.61 Å². The smallest absolute Gasteiger partial charge is 0.271 e. The number of nitrogens with zero attached hydrogens (tertiary/aromatic N) is 1. The molecule has 6 heteroatoms. The van der Waals surface area contributed by atoms with Crippen LogP contribution < -0.4 is 14.9 Å². The third-order valence-corrected chi connectivity index (χ3v) is 4.24. The average Bonchev–Trinajstić information content (AvgIpc) is 2.74. The Morgan fingerprint density at radius 2 is 1.79 bits per heavy atom. The van der Waals surface area contributed by atoms with Gasteiger partial charge in [-0.1, -0.05) is 41.9 Å². The molecular formula is C23H21ClN2O3. The number of rotatable bonds is 8. The van der Waals surface area contributed by atoms with E-state index in [0.29, 0.717) is 40.9 Å². The second-order valence-corrected chi connectivity index (χ2v) is 6.55. The maximum absolute atomic E-state index is 12.2. The topological polar surface area (TPSA) is 59.9 Å². The second kappa shape index (κ2) is 10.3. The van der Waals surface area contributed by atoms with Crippen molar-refractivity contribution in [3.05, 3.63) is 94.5 Å². The van der Waals surface area contributed by atoms with Gasteiger partial charge in [-0.25, -0.2) is 5.43 Å². The molecule has 0 aromatic heterocycles. The van der Waals surface area contributed by atoms with E-state index < -0.39 is 0 Å². The molecule has 3 aromatic rings. The van der Waals surface area contributed by atoms with Gasteiger partial charge in [0.2, 0.25) is 0 Å². The number of ether oxygens (including phenoxy) is 2. The quantitative estimate of drug-likeness (QED) is 0.417. The molecule has 0 atom stereocenters. The molecule has 0 unspecified atom stereocenters. The number of benzene rings is 3. The van der Waals surface area contributed by atoms with Crippen molar-refractivity contribution >= 4 is 23.7 Å². The van der Waals surface area contributed by atoms with Crippen molar-refractivity contribution < 1.29 is 14.3 Å². The van der Waals surface area contributed by atoms with Crippen LogP contribution in [0.25, 0.3) is 0 Å². The SMILES string of the molecule is CCOc1ccc(C(=O)N/N=C\c2cc(Cl)ccc2OCc2ccccc2)cc1. The maximum atomic E-state index is 12.2. The molecule has 5 nitrogen and oxygen atoms in total. The fourth-order valence-electron chi connectivity index (χ4n) is 2.58. The van der Waals surface area contributed by atoms with Gasteiger partial charge in [0.1, 0.15) is 18.1 Å². The van der Waals surface area contributed by atoms with Crippen molar-refractivity contribution in [1.82, 2.24) is 5.43 Å². The zero-order valence-corrected chi connectivity index (χ0v) is 16.7. The minimum atomic E-state index is -0.321. The van der Waals surface area contributed by atoms with Crippen LogP contribution in [-0.4, -0.2) is 18.7 Å². The highest BCUT2D eigenvalue weighted by Crippen LogP contribution is 2.22. The van der Waals surface area contributed by atoms with Gasteiger partial charge in [-0.15, -0.1) is 0 Å². The van der Waals surface area contributed by atoms with Crippen molar-refractivity contribution in [2.45, 2.75) is 13.5 Å². The number of halogens is 1. The molecule has 29 heavy (non-hydrogen) atoms. The predicted octanol–water partition coefficient (Wildman–Crippen LogP) is 5.08. The molecule has 0 saturated carbocycles. The van der Waals surface area contributed by atoms with Crippen molar-refractivity contribution in [1.29, 1.82) is 0 Å². The summed E-state index contributed by atoms with van der Waals surface area (Å²) in [5, 5.41) is 4.59. The van der Waals surface area contributed by atoms with Gasteiger partial charge in [-0.3, -0.25) is 4.79 Å². The van der Waals surface area contributed by atoms with Gasteiger partial charge in [-0.05, 0) is 55.0 Å². The highest BCUT2D eigenvalue weighted by molar-refractivity contribution is 6.30. The number of nitrogens with one attached hydrogen (secondary N) is 1. The van der Waals surface area contributed by atoms with Crippen molar-refractivity contribution in [3.8, 4) is 11.5 Å². The molecule has 0 heterocycles. The Hall–Kier alpha value is -3.31. The van der Waals surface area contributed by atoms with Gasteiger partial charge in [-0.2, -0.15) is 5.10 Å². The summed E-state index contributed by atoms with van der Waals surface area (Å²) in [4.78, 5) is 12.2. The fourth-order valence-corrected chi connectivity index (χ4v) is 2.76. The third kappa shape index (κ3) is 6.09. The molecule has 1 amide bonds. The highest BCUT2D eigenvalue weighted by Gasteiger charge is 2.06. The summed E-state index contributed by atoms with van der Waals surface area (Å²) in [5.41, 5.74) is 4.71. The van der Waals surface area contributed by atoms with Gasteiger partial charge >= 0.3 is 0 Å². The lowest BCUT2D eigenvalue weighted by Gasteiger charge is -2.09. The summed E-state index contributed by atoms with van der Waals surface area (Å²) in [6, 6.07) is 22.0. The normalized spacial score (nSPS) is 10.7. The Morgan fingerprint density at radius 3 is 2.52 bits per heavy atom. The summed E-state index contributed by atoms with van der Waals surface area (Å²) in [6.45, 7) is 2.90. The van der Waals surface area contributed by atoms with Crippen LogP contribution in [-0.2, 0) is 6.61 Å². The standard InChI is InChI=1S/C23H21ClN2O3/c1-2-28-21-11-8-18(9-12-21)23(27)26-25-15-19-14-20(24)10-13-22(19)29-16-17-6-4-3-5-7-17/h3-15H,2,16H2,1H3,(H,26,27)/b25-15-. The molecule has 0 spiro atoms. The van der Waals surface area contributed by atoms with Crippen LogP contribution in [0.1, 0.15) is 28.4 Å². The van der Waals surface area contributed by atoms with E-state index in [2.05, 4.69) is 10.5 Å². The molecule has 3 aromatic carbocycles. The summed E-state index contributed by atoms with van der Waals surface area (Å²) < 4.78 is 11.3. The molecule has 0 aliphatic rings. The minimum Gasteiger partial charge on any atom is -0.494 e. The molecule has 0 fully saturated rings. The first kappa shape index (κ1) is 20.4. The first-order valence-electron chi connectivity index (χ1n) is 9.18. The molecule has 0 saturated heterocycles. The van der Waals surface area contributed by atoms with Crippen LogP contribution in [0.5, 0.6) is 11.5 Å².